The van der Waals surface area contributed by atoms with E-state index in [-0.39, 0.29) is 15.5 Å². The lowest BCUT2D eigenvalue weighted by Crippen LogP contribution is -2.46. The number of hydrogen-bond acceptors (Lipinski definition) is 6. The Labute approximate surface area is 124 Å². The number of benzene rings is 1. The molecule has 0 aliphatic carbocycles. The molecule has 0 bridgehead atoms. The molecule has 0 unspecified atom stereocenters. The maximum absolute atomic E-state index is 12.7. The van der Waals surface area contributed by atoms with Crippen LogP contribution in [0.4, 0.5) is 0 Å². The van der Waals surface area contributed by atoms with Gasteiger partial charge in [0.1, 0.15) is 10.6 Å². The number of sulfone groups is 1. The van der Waals surface area contributed by atoms with E-state index in [1.54, 1.807) is 0 Å². The number of piperazine rings is 1. The smallest absolute Gasteiger partial charge is 0.246 e. The molecular weight excluding hydrogens is 316 g/mol. The molecule has 1 aliphatic heterocycles. The van der Waals surface area contributed by atoms with Crippen LogP contribution in [0.2, 0.25) is 0 Å². The molecular formula is C12H18N2O5S2. The molecule has 0 spiro atoms. The van der Waals surface area contributed by atoms with Crippen molar-refractivity contribution in [1.29, 1.82) is 0 Å². The molecule has 9 heteroatoms. The summed E-state index contributed by atoms with van der Waals surface area (Å²) in [5, 5.41) is 3.07. The van der Waals surface area contributed by atoms with E-state index in [2.05, 4.69) is 5.32 Å². The molecule has 21 heavy (non-hydrogen) atoms. The summed E-state index contributed by atoms with van der Waals surface area (Å²) in [5.74, 6) is 0.140. The van der Waals surface area contributed by atoms with Gasteiger partial charge < -0.3 is 10.1 Å². The van der Waals surface area contributed by atoms with Gasteiger partial charge in [-0.1, -0.05) is 0 Å². The van der Waals surface area contributed by atoms with Gasteiger partial charge in [0.15, 0.2) is 9.84 Å². The van der Waals surface area contributed by atoms with Crippen LogP contribution >= 0.6 is 0 Å². The molecule has 118 valence electrons. The van der Waals surface area contributed by atoms with Crippen LogP contribution < -0.4 is 10.1 Å². The van der Waals surface area contributed by atoms with Gasteiger partial charge in [-0.3, -0.25) is 0 Å². The molecule has 1 aliphatic rings. The van der Waals surface area contributed by atoms with Gasteiger partial charge in [0, 0.05) is 32.4 Å². The summed E-state index contributed by atoms with van der Waals surface area (Å²) >= 11 is 0. The van der Waals surface area contributed by atoms with Gasteiger partial charge in [-0.05, 0) is 18.2 Å². The summed E-state index contributed by atoms with van der Waals surface area (Å²) in [5.41, 5.74) is 0. The zero-order valence-corrected chi connectivity index (χ0v) is 13.5. The van der Waals surface area contributed by atoms with Crippen molar-refractivity contribution in [2.45, 2.75) is 9.79 Å². The van der Waals surface area contributed by atoms with E-state index in [0.29, 0.717) is 26.2 Å². The molecule has 0 amide bonds. The van der Waals surface area contributed by atoms with E-state index in [1.165, 1.54) is 23.5 Å². The van der Waals surface area contributed by atoms with E-state index in [9.17, 15) is 16.8 Å². The summed E-state index contributed by atoms with van der Waals surface area (Å²) in [6.45, 7) is 1.81. The lowest BCUT2D eigenvalue weighted by Gasteiger charge is -2.27. The number of sulfonamides is 1. The second kappa shape index (κ2) is 5.91. The van der Waals surface area contributed by atoms with Crippen LogP contribution in [-0.2, 0) is 19.9 Å². The quantitative estimate of drug-likeness (QED) is 0.812. The zero-order chi connectivity index (χ0) is 15.7. The highest BCUT2D eigenvalue weighted by atomic mass is 32.2. The average molecular weight is 334 g/mol. The first-order valence-electron chi connectivity index (χ1n) is 6.36. The van der Waals surface area contributed by atoms with Crippen LogP contribution in [0.3, 0.4) is 0 Å². The minimum absolute atomic E-state index is 0.0444. The molecule has 1 N–H and O–H groups in total. The number of hydrogen-bond donors (Lipinski definition) is 1. The van der Waals surface area contributed by atoms with Crippen LogP contribution in [-0.4, -0.2) is 60.7 Å². The van der Waals surface area contributed by atoms with Gasteiger partial charge in [-0.2, -0.15) is 4.31 Å². The standard InChI is InChI=1S/C12H18N2O5S2/c1-19-11-4-3-10(20(2,15)16)9-12(11)21(17,18)14-7-5-13-6-8-14/h3-4,9,13H,5-8H2,1-2H3. The summed E-state index contributed by atoms with van der Waals surface area (Å²) in [6.07, 6.45) is 1.04. The van der Waals surface area contributed by atoms with Crippen molar-refractivity contribution in [2.75, 3.05) is 39.5 Å². The number of nitrogens with one attached hydrogen (secondary N) is 1. The number of rotatable bonds is 4. The van der Waals surface area contributed by atoms with Gasteiger partial charge >= 0.3 is 0 Å². The third kappa shape index (κ3) is 3.37. The maximum atomic E-state index is 12.7. The number of methoxy groups -OCH3 is 1. The molecule has 1 aromatic rings. The summed E-state index contributed by atoms with van der Waals surface area (Å²) in [4.78, 5) is -0.160. The van der Waals surface area contributed by atoms with Gasteiger partial charge in [0.2, 0.25) is 10.0 Å². The fraction of sp³-hybridized carbons (Fsp3) is 0.500. The Kier molecular flexibility index (Phi) is 4.57. The Balaban J connectivity index is 2.54. The SMILES string of the molecule is COc1ccc(S(C)(=O)=O)cc1S(=O)(=O)N1CCNCC1. The molecule has 2 rings (SSSR count). The minimum atomic E-state index is -3.78. The van der Waals surface area contributed by atoms with Crippen LogP contribution in [0.5, 0.6) is 5.75 Å². The molecule has 1 aromatic carbocycles. The predicted octanol–water partition coefficient (Wildman–Crippen LogP) is -0.307. The van der Waals surface area contributed by atoms with Crippen molar-refractivity contribution in [1.82, 2.24) is 9.62 Å². The fourth-order valence-corrected chi connectivity index (χ4v) is 4.46. The van der Waals surface area contributed by atoms with Crippen molar-refractivity contribution in [3.8, 4) is 5.75 Å². The first kappa shape index (κ1) is 16.2. The van der Waals surface area contributed by atoms with E-state index in [4.69, 9.17) is 4.74 Å². The lowest BCUT2D eigenvalue weighted by atomic mass is 10.3. The first-order chi connectivity index (χ1) is 9.76. The summed E-state index contributed by atoms with van der Waals surface area (Å²) in [6, 6.07) is 3.86. The van der Waals surface area contributed by atoms with E-state index in [0.717, 1.165) is 12.3 Å². The molecule has 1 saturated heterocycles. The van der Waals surface area contributed by atoms with E-state index >= 15 is 0 Å². The van der Waals surface area contributed by atoms with Crippen molar-refractivity contribution in [3.05, 3.63) is 18.2 Å². The maximum Gasteiger partial charge on any atom is 0.246 e. The number of nitrogens with zero attached hydrogens (tertiary/aromatic N) is 1. The highest BCUT2D eigenvalue weighted by molar-refractivity contribution is 7.91. The highest BCUT2D eigenvalue weighted by Crippen LogP contribution is 2.29. The lowest BCUT2D eigenvalue weighted by molar-refractivity contribution is 0.354. The Morgan fingerprint density at radius 1 is 1.14 bits per heavy atom. The van der Waals surface area contributed by atoms with Crippen molar-refractivity contribution < 1.29 is 21.6 Å². The van der Waals surface area contributed by atoms with Crippen molar-refractivity contribution >= 4 is 19.9 Å². The van der Waals surface area contributed by atoms with Gasteiger partial charge in [-0.15, -0.1) is 0 Å². The topological polar surface area (TPSA) is 92.8 Å². The third-order valence-corrected chi connectivity index (χ3v) is 6.29. The normalized spacial score (nSPS) is 17.6. The minimum Gasteiger partial charge on any atom is -0.495 e. The molecule has 7 nitrogen and oxygen atoms in total. The largest absolute Gasteiger partial charge is 0.495 e. The zero-order valence-electron chi connectivity index (χ0n) is 11.9. The van der Waals surface area contributed by atoms with Crippen molar-refractivity contribution in [3.63, 3.8) is 0 Å². The Hall–Kier alpha value is -1.16. The van der Waals surface area contributed by atoms with Crippen LogP contribution in [0.1, 0.15) is 0 Å². The van der Waals surface area contributed by atoms with Gasteiger partial charge in [0.05, 0.1) is 12.0 Å². The van der Waals surface area contributed by atoms with Gasteiger partial charge in [0.25, 0.3) is 0 Å². The molecule has 1 heterocycles. The molecule has 0 radical (unpaired) electrons. The number of ether oxygens (including phenoxy) is 1. The van der Waals surface area contributed by atoms with Crippen LogP contribution in [0, 0.1) is 0 Å². The van der Waals surface area contributed by atoms with Crippen molar-refractivity contribution in [2.24, 2.45) is 0 Å². The summed E-state index contributed by atoms with van der Waals surface area (Å²) < 4.78 is 55.0. The third-order valence-electron chi connectivity index (χ3n) is 3.26. The monoisotopic (exact) mass is 334 g/mol. The Morgan fingerprint density at radius 2 is 1.76 bits per heavy atom. The Morgan fingerprint density at radius 3 is 2.29 bits per heavy atom. The average Bonchev–Trinajstić information content (AvgIpc) is 2.46. The molecule has 0 saturated carbocycles. The van der Waals surface area contributed by atoms with Gasteiger partial charge in [-0.25, -0.2) is 16.8 Å². The van der Waals surface area contributed by atoms with E-state index < -0.39 is 19.9 Å². The highest BCUT2D eigenvalue weighted by Gasteiger charge is 2.29. The second-order valence-corrected chi connectivity index (χ2v) is 8.66. The Bertz CT molecular complexity index is 722. The predicted molar refractivity (Wildman–Crippen MR) is 77.7 cm³/mol. The first-order valence-corrected chi connectivity index (χ1v) is 9.69. The summed E-state index contributed by atoms with van der Waals surface area (Å²) in [7, 11) is -5.92. The molecule has 1 fully saturated rings. The molecule has 0 atom stereocenters. The van der Waals surface area contributed by atoms with Crippen LogP contribution in [0.15, 0.2) is 28.0 Å². The molecule has 0 aromatic heterocycles. The second-order valence-electron chi connectivity index (χ2n) is 4.74. The van der Waals surface area contributed by atoms with Crippen LogP contribution in [0.25, 0.3) is 0 Å². The fourth-order valence-electron chi connectivity index (χ4n) is 2.11. The van der Waals surface area contributed by atoms with E-state index in [1.807, 2.05) is 0 Å².